The summed E-state index contributed by atoms with van der Waals surface area (Å²) in [4.78, 5) is 15.8. The lowest BCUT2D eigenvalue weighted by molar-refractivity contribution is -0.385. The first-order chi connectivity index (χ1) is 11.6. The Hall–Kier alpha value is -2.64. The van der Waals surface area contributed by atoms with Crippen molar-refractivity contribution in [2.45, 2.75) is 13.2 Å². The molecular weight excluding hydrogens is 336 g/mol. The third kappa shape index (κ3) is 3.64. The van der Waals surface area contributed by atoms with E-state index in [1.165, 1.54) is 18.3 Å². The van der Waals surface area contributed by atoms with Crippen molar-refractivity contribution in [1.29, 1.82) is 0 Å². The molecule has 0 N–H and O–H groups in total. The summed E-state index contributed by atoms with van der Waals surface area (Å²) >= 11 is 6.01. The van der Waals surface area contributed by atoms with E-state index in [0.717, 1.165) is 0 Å². The minimum Gasteiger partial charge on any atom is -0.467 e. The van der Waals surface area contributed by atoms with E-state index in [4.69, 9.17) is 25.9 Å². The van der Waals surface area contributed by atoms with Crippen LogP contribution >= 0.6 is 11.6 Å². The monoisotopic (exact) mass is 348 g/mol. The molecule has 0 atom stereocenters. The Morgan fingerprint density at radius 3 is 3.00 bits per heavy atom. The van der Waals surface area contributed by atoms with Gasteiger partial charge < -0.3 is 14.3 Å². The predicted octanol–water partition coefficient (Wildman–Crippen LogP) is 3.67. The van der Waals surface area contributed by atoms with E-state index in [1.54, 1.807) is 12.1 Å². The molecule has 2 aromatic rings. The number of nitro groups is 1. The number of oxime groups is 1. The largest absolute Gasteiger partial charge is 0.467 e. The van der Waals surface area contributed by atoms with Gasteiger partial charge in [-0.3, -0.25) is 10.1 Å². The predicted molar refractivity (Wildman–Crippen MR) is 87.2 cm³/mol. The smallest absolute Gasteiger partial charge is 0.270 e. The van der Waals surface area contributed by atoms with Gasteiger partial charge in [0.15, 0.2) is 6.79 Å². The van der Waals surface area contributed by atoms with E-state index in [0.29, 0.717) is 27.5 Å². The van der Waals surface area contributed by atoms with Crippen LogP contribution in [0.15, 0.2) is 41.6 Å². The van der Waals surface area contributed by atoms with Gasteiger partial charge in [-0.2, -0.15) is 0 Å². The maximum atomic E-state index is 11.0. The van der Waals surface area contributed by atoms with Gasteiger partial charge in [0, 0.05) is 33.8 Å². The molecule has 0 saturated carbocycles. The highest BCUT2D eigenvalue weighted by Crippen LogP contribution is 2.33. The van der Waals surface area contributed by atoms with Crippen LogP contribution in [-0.2, 0) is 22.8 Å². The molecule has 0 unspecified atom stereocenters. The summed E-state index contributed by atoms with van der Waals surface area (Å²) < 4.78 is 10.6. The standard InChI is InChI=1S/C16H13ClN2O5/c17-15-4-2-1-3-11(15)7-18-24-9-13-6-14(19(20)21)5-12-8-22-10-23-16(12)13/h1-7H,8-10H2/b18-7-. The summed E-state index contributed by atoms with van der Waals surface area (Å²) in [7, 11) is 0. The van der Waals surface area contributed by atoms with Crippen LogP contribution in [0.4, 0.5) is 5.69 Å². The van der Waals surface area contributed by atoms with E-state index in [1.807, 2.05) is 12.1 Å². The first-order valence-corrected chi connectivity index (χ1v) is 7.43. The Bertz CT molecular complexity index is 794. The molecule has 0 radical (unpaired) electrons. The minimum absolute atomic E-state index is 0.0327. The summed E-state index contributed by atoms with van der Waals surface area (Å²) in [5.41, 5.74) is 1.82. The van der Waals surface area contributed by atoms with E-state index in [2.05, 4.69) is 5.16 Å². The lowest BCUT2D eigenvalue weighted by atomic mass is 10.1. The minimum atomic E-state index is -0.467. The van der Waals surface area contributed by atoms with Gasteiger partial charge in [-0.1, -0.05) is 35.0 Å². The fraction of sp³-hybridized carbons (Fsp3) is 0.188. The quantitative estimate of drug-likeness (QED) is 0.467. The van der Waals surface area contributed by atoms with Gasteiger partial charge in [-0.25, -0.2) is 0 Å². The number of fused-ring (bicyclic) bond motifs is 1. The van der Waals surface area contributed by atoms with Gasteiger partial charge in [0.2, 0.25) is 0 Å². The van der Waals surface area contributed by atoms with Crippen molar-refractivity contribution >= 4 is 23.5 Å². The number of nitro benzene ring substituents is 1. The molecule has 3 rings (SSSR count). The SMILES string of the molecule is O=[N+]([O-])c1cc2c(c(CO/N=C\c3ccccc3Cl)c1)OCOC2. The van der Waals surface area contributed by atoms with Crippen molar-refractivity contribution < 1.29 is 19.2 Å². The molecule has 7 nitrogen and oxygen atoms in total. The number of nitrogens with zero attached hydrogens (tertiary/aromatic N) is 2. The topological polar surface area (TPSA) is 83.2 Å². The zero-order valence-electron chi connectivity index (χ0n) is 12.5. The Balaban J connectivity index is 1.76. The molecular formula is C16H13ClN2O5. The van der Waals surface area contributed by atoms with Crippen LogP contribution in [0.5, 0.6) is 5.75 Å². The number of hydrogen-bond donors (Lipinski definition) is 0. The van der Waals surface area contributed by atoms with Crippen LogP contribution in [0.25, 0.3) is 0 Å². The van der Waals surface area contributed by atoms with Crippen molar-refractivity contribution in [3.8, 4) is 5.75 Å². The Kier molecular flexibility index (Phi) is 4.93. The highest BCUT2D eigenvalue weighted by molar-refractivity contribution is 6.33. The highest BCUT2D eigenvalue weighted by Gasteiger charge is 2.21. The van der Waals surface area contributed by atoms with Crippen LogP contribution in [0.2, 0.25) is 5.02 Å². The van der Waals surface area contributed by atoms with Crippen molar-refractivity contribution in [2.75, 3.05) is 6.79 Å². The van der Waals surface area contributed by atoms with Crippen LogP contribution in [0.1, 0.15) is 16.7 Å². The molecule has 0 bridgehead atoms. The molecule has 0 saturated heterocycles. The maximum Gasteiger partial charge on any atom is 0.270 e. The second kappa shape index (κ2) is 7.29. The van der Waals surface area contributed by atoms with Gasteiger partial charge >= 0.3 is 0 Å². The van der Waals surface area contributed by atoms with Gasteiger partial charge in [-0.05, 0) is 6.07 Å². The average molecular weight is 349 g/mol. The third-order valence-corrected chi connectivity index (χ3v) is 3.72. The fourth-order valence-corrected chi connectivity index (χ4v) is 2.46. The molecule has 2 aromatic carbocycles. The molecule has 0 amide bonds. The van der Waals surface area contributed by atoms with Crippen LogP contribution in [0.3, 0.4) is 0 Å². The number of halogens is 1. The second-order valence-corrected chi connectivity index (χ2v) is 5.40. The molecule has 1 heterocycles. The number of ether oxygens (including phenoxy) is 2. The molecule has 1 aliphatic heterocycles. The molecule has 124 valence electrons. The zero-order chi connectivity index (χ0) is 16.9. The molecule has 1 aliphatic rings. The summed E-state index contributed by atoms with van der Waals surface area (Å²) in [5.74, 6) is 0.541. The number of hydrogen-bond acceptors (Lipinski definition) is 6. The van der Waals surface area contributed by atoms with Crippen LogP contribution in [0, 0.1) is 10.1 Å². The number of non-ortho nitro benzene ring substituents is 1. The summed E-state index contributed by atoms with van der Waals surface area (Å²) in [5, 5.41) is 15.4. The third-order valence-electron chi connectivity index (χ3n) is 3.37. The van der Waals surface area contributed by atoms with E-state index >= 15 is 0 Å². The van der Waals surface area contributed by atoms with Gasteiger partial charge in [0.1, 0.15) is 12.4 Å². The van der Waals surface area contributed by atoms with Gasteiger partial charge in [0.25, 0.3) is 5.69 Å². The van der Waals surface area contributed by atoms with E-state index in [9.17, 15) is 10.1 Å². The average Bonchev–Trinajstić information content (AvgIpc) is 2.59. The summed E-state index contributed by atoms with van der Waals surface area (Å²) in [6, 6.07) is 10.0. The first-order valence-electron chi connectivity index (χ1n) is 7.06. The Labute approximate surface area is 142 Å². The van der Waals surface area contributed by atoms with Crippen LogP contribution < -0.4 is 4.74 Å². The first kappa shape index (κ1) is 16.2. The van der Waals surface area contributed by atoms with Crippen LogP contribution in [-0.4, -0.2) is 17.9 Å². The van der Waals surface area contributed by atoms with Crippen molar-refractivity contribution in [3.05, 3.63) is 68.2 Å². The molecule has 0 spiro atoms. The lowest BCUT2D eigenvalue weighted by Gasteiger charge is -2.20. The number of rotatable bonds is 5. The second-order valence-electron chi connectivity index (χ2n) is 4.99. The normalized spacial score (nSPS) is 13.4. The fourth-order valence-electron chi connectivity index (χ4n) is 2.27. The van der Waals surface area contributed by atoms with Gasteiger partial charge in [0.05, 0.1) is 17.7 Å². The summed E-state index contributed by atoms with van der Waals surface area (Å²) in [6.45, 7) is 0.387. The van der Waals surface area contributed by atoms with Gasteiger partial charge in [-0.15, -0.1) is 0 Å². The summed E-state index contributed by atoms with van der Waals surface area (Å²) in [6.07, 6.45) is 1.48. The lowest BCUT2D eigenvalue weighted by Crippen LogP contribution is -2.14. The maximum absolute atomic E-state index is 11.0. The van der Waals surface area contributed by atoms with Crippen molar-refractivity contribution in [3.63, 3.8) is 0 Å². The van der Waals surface area contributed by atoms with Crippen molar-refractivity contribution in [2.24, 2.45) is 5.16 Å². The Morgan fingerprint density at radius 1 is 1.38 bits per heavy atom. The number of benzene rings is 2. The molecule has 24 heavy (non-hydrogen) atoms. The van der Waals surface area contributed by atoms with E-state index in [-0.39, 0.29) is 25.7 Å². The van der Waals surface area contributed by atoms with Crippen molar-refractivity contribution in [1.82, 2.24) is 0 Å². The highest BCUT2D eigenvalue weighted by atomic mass is 35.5. The molecule has 0 fully saturated rings. The molecule has 8 heteroatoms. The zero-order valence-corrected chi connectivity index (χ0v) is 13.2. The molecule has 0 aromatic heterocycles. The Morgan fingerprint density at radius 2 is 2.21 bits per heavy atom. The molecule has 0 aliphatic carbocycles. The van der Waals surface area contributed by atoms with E-state index < -0.39 is 4.92 Å².